The van der Waals surface area contributed by atoms with Gasteiger partial charge in [0.2, 0.25) is 11.6 Å². The number of carbonyl (C=O) groups is 1. The highest BCUT2D eigenvalue weighted by molar-refractivity contribution is 5.94. The summed E-state index contributed by atoms with van der Waals surface area (Å²) in [5.41, 5.74) is 10.4. The molecule has 4 aromatic rings. The van der Waals surface area contributed by atoms with Gasteiger partial charge in [-0.3, -0.25) is 4.79 Å². The van der Waals surface area contributed by atoms with Crippen molar-refractivity contribution in [1.29, 1.82) is 0 Å². The van der Waals surface area contributed by atoms with E-state index in [2.05, 4.69) is 31.2 Å². The van der Waals surface area contributed by atoms with Crippen LogP contribution in [-0.4, -0.2) is 58.7 Å². The van der Waals surface area contributed by atoms with E-state index in [-0.39, 0.29) is 23.9 Å². The van der Waals surface area contributed by atoms with E-state index in [9.17, 15) is 4.79 Å². The number of benzene rings is 2. The summed E-state index contributed by atoms with van der Waals surface area (Å²) in [7, 11) is 4.96. The first-order valence-corrected chi connectivity index (χ1v) is 10.4. The van der Waals surface area contributed by atoms with Crippen molar-refractivity contribution in [3.05, 3.63) is 65.5 Å². The molecule has 0 bridgehead atoms. The second-order valence-electron chi connectivity index (χ2n) is 7.27. The van der Waals surface area contributed by atoms with Crippen molar-refractivity contribution in [2.75, 3.05) is 31.9 Å². The van der Waals surface area contributed by atoms with Crippen molar-refractivity contribution in [3.63, 3.8) is 0 Å². The van der Waals surface area contributed by atoms with E-state index in [1.807, 2.05) is 42.3 Å². The predicted octanol–water partition coefficient (Wildman–Crippen LogP) is 1.65. The number of amides is 1. The average Bonchev–Trinajstić information content (AvgIpc) is 3.49. The Labute approximate surface area is 200 Å². The van der Waals surface area contributed by atoms with E-state index in [1.165, 1.54) is 18.0 Å². The molecular weight excluding hydrogens is 454 g/mol. The van der Waals surface area contributed by atoms with Crippen molar-refractivity contribution in [2.24, 2.45) is 5.10 Å². The molecule has 13 heteroatoms. The monoisotopic (exact) mass is 477 g/mol. The van der Waals surface area contributed by atoms with Gasteiger partial charge in [0.15, 0.2) is 17.2 Å². The average molecular weight is 477 g/mol. The molecule has 0 unspecified atom stereocenters. The van der Waals surface area contributed by atoms with Crippen molar-refractivity contribution >= 4 is 23.6 Å². The Morgan fingerprint density at radius 2 is 1.94 bits per heavy atom. The maximum absolute atomic E-state index is 13.0. The van der Waals surface area contributed by atoms with Crippen LogP contribution in [0.5, 0.6) is 11.5 Å². The Morgan fingerprint density at radius 1 is 1.17 bits per heavy atom. The van der Waals surface area contributed by atoms with Gasteiger partial charge in [-0.2, -0.15) is 9.78 Å². The zero-order valence-corrected chi connectivity index (χ0v) is 19.2. The van der Waals surface area contributed by atoms with Gasteiger partial charge >= 0.3 is 0 Å². The number of nitrogens with two attached hydrogens (primary N) is 1. The molecule has 35 heavy (non-hydrogen) atoms. The third-order valence-electron chi connectivity index (χ3n) is 5.05. The van der Waals surface area contributed by atoms with Gasteiger partial charge in [0.25, 0.3) is 5.91 Å². The largest absolute Gasteiger partial charge is 0.493 e. The topological polar surface area (TPSA) is 159 Å². The first kappa shape index (κ1) is 23.2. The quantitative estimate of drug-likeness (QED) is 0.268. The van der Waals surface area contributed by atoms with E-state index in [0.29, 0.717) is 22.8 Å². The number of ether oxygens (including phenoxy) is 2. The molecule has 0 atom stereocenters. The number of carbonyl (C=O) groups excluding carboxylic acids is 1. The van der Waals surface area contributed by atoms with Crippen LogP contribution >= 0.6 is 0 Å². The molecule has 0 saturated heterocycles. The molecule has 13 nitrogen and oxygen atoms in total. The molecular formula is C22H23N9O4. The number of methoxy groups -OCH3 is 2. The van der Waals surface area contributed by atoms with Gasteiger partial charge in [0.1, 0.15) is 0 Å². The number of rotatable bonds is 9. The number of hydrazone groups is 1. The van der Waals surface area contributed by atoms with Crippen molar-refractivity contribution < 1.29 is 18.9 Å². The number of nitrogen functional groups attached to an aromatic ring is 1. The molecule has 2 heterocycles. The summed E-state index contributed by atoms with van der Waals surface area (Å²) in [6.45, 7) is 0.255. The summed E-state index contributed by atoms with van der Waals surface area (Å²) in [6.07, 6.45) is 1.47. The van der Waals surface area contributed by atoms with Crippen LogP contribution in [0.1, 0.15) is 21.7 Å². The standard InChI is InChI=1S/C22H23N9O4/c1-30(15-7-5-4-6-8-15)13-16-19(25-29-31(16)21-20(23)27-35-28-21)22(32)26-24-12-14-9-10-17(33-2)18(11-14)34-3/h4-12H,13H2,1-3H3,(H2,23,27)(H,26,32)/b24-12+. The molecule has 3 N–H and O–H groups in total. The lowest BCUT2D eigenvalue weighted by Gasteiger charge is -2.19. The van der Waals surface area contributed by atoms with Gasteiger partial charge < -0.3 is 20.1 Å². The fourth-order valence-corrected chi connectivity index (χ4v) is 3.28. The Bertz CT molecular complexity index is 1330. The lowest BCUT2D eigenvalue weighted by Crippen LogP contribution is -2.24. The summed E-state index contributed by atoms with van der Waals surface area (Å²) in [5.74, 6) is 0.688. The molecule has 0 aliphatic carbocycles. The second-order valence-corrected chi connectivity index (χ2v) is 7.27. The van der Waals surface area contributed by atoms with Gasteiger partial charge in [0, 0.05) is 12.7 Å². The number of aromatic nitrogens is 5. The smallest absolute Gasteiger partial charge is 0.293 e. The molecule has 0 aliphatic rings. The highest BCUT2D eigenvalue weighted by atomic mass is 16.6. The lowest BCUT2D eigenvalue weighted by molar-refractivity contribution is 0.0949. The van der Waals surface area contributed by atoms with Crippen molar-refractivity contribution in [2.45, 2.75) is 6.54 Å². The third-order valence-corrected chi connectivity index (χ3v) is 5.05. The summed E-state index contributed by atoms with van der Waals surface area (Å²) in [4.78, 5) is 14.9. The summed E-state index contributed by atoms with van der Waals surface area (Å²) in [5, 5.41) is 19.5. The Hall–Kier alpha value is -4.94. The van der Waals surface area contributed by atoms with Gasteiger partial charge in [-0.05, 0) is 46.2 Å². The van der Waals surface area contributed by atoms with Crippen LogP contribution in [0, 0.1) is 0 Å². The number of nitrogens with one attached hydrogen (secondary N) is 1. The predicted molar refractivity (Wildman–Crippen MR) is 127 cm³/mol. The molecule has 2 aromatic carbocycles. The van der Waals surface area contributed by atoms with Crippen LogP contribution in [0.15, 0.2) is 58.3 Å². The number of para-hydroxylation sites is 1. The van der Waals surface area contributed by atoms with Crippen LogP contribution in [0.2, 0.25) is 0 Å². The fourth-order valence-electron chi connectivity index (χ4n) is 3.28. The number of hydrogen-bond donors (Lipinski definition) is 2. The van der Waals surface area contributed by atoms with Gasteiger partial charge in [-0.25, -0.2) is 10.1 Å². The van der Waals surface area contributed by atoms with Crippen molar-refractivity contribution in [3.8, 4) is 17.3 Å². The number of hydrogen-bond acceptors (Lipinski definition) is 11. The molecule has 180 valence electrons. The molecule has 1 amide bonds. The SMILES string of the molecule is COc1ccc(/C=N/NC(=O)c2nnn(-c3nonc3N)c2CN(C)c2ccccc2)cc1OC. The Balaban J connectivity index is 1.59. The van der Waals surface area contributed by atoms with Crippen LogP contribution < -0.4 is 25.5 Å². The molecule has 0 radical (unpaired) electrons. The molecule has 0 spiro atoms. The molecule has 0 saturated carbocycles. The van der Waals surface area contributed by atoms with Gasteiger partial charge in [-0.15, -0.1) is 5.10 Å². The first-order valence-electron chi connectivity index (χ1n) is 10.4. The maximum Gasteiger partial charge on any atom is 0.293 e. The van der Waals surface area contributed by atoms with Gasteiger partial charge in [-0.1, -0.05) is 23.4 Å². The minimum atomic E-state index is -0.570. The van der Waals surface area contributed by atoms with E-state index in [0.717, 1.165) is 5.69 Å². The Kier molecular flexibility index (Phi) is 6.86. The first-order chi connectivity index (χ1) is 17.0. The number of nitrogens with zero attached hydrogens (tertiary/aromatic N) is 7. The third kappa shape index (κ3) is 5.03. The normalized spacial score (nSPS) is 10.9. The number of anilines is 2. The molecule has 2 aromatic heterocycles. The van der Waals surface area contributed by atoms with Crippen LogP contribution in [0.3, 0.4) is 0 Å². The molecule has 4 rings (SSSR count). The Morgan fingerprint density at radius 3 is 2.63 bits per heavy atom. The van der Waals surface area contributed by atoms with Gasteiger partial charge in [0.05, 0.1) is 32.7 Å². The fraction of sp³-hybridized carbons (Fsp3) is 0.182. The highest BCUT2D eigenvalue weighted by Crippen LogP contribution is 2.27. The highest BCUT2D eigenvalue weighted by Gasteiger charge is 2.25. The van der Waals surface area contributed by atoms with E-state index < -0.39 is 5.91 Å². The summed E-state index contributed by atoms with van der Waals surface area (Å²) < 4.78 is 16.5. The van der Waals surface area contributed by atoms with Crippen LogP contribution in [-0.2, 0) is 6.54 Å². The lowest BCUT2D eigenvalue weighted by atomic mass is 10.2. The minimum Gasteiger partial charge on any atom is -0.493 e. The van der Waals surface area contributed by atoms with Crippen LogP contribution in [0.4, 0.5) is 11.5 Å². The second kappa shape index (κ2) is 10.3. The summed E-state index contributed by atoms with van der Waals surface area (Å²) in [6, 6.07) is 14.9. The van der Waals surface area contributed by atoms with E-state index in [4.69, 9.17) is 19.8 Å². The zero-order chi connectivity index (χ0) is 24.8. The van der Waals surface area contributed by atoms with Crippen LogP contribution in [0.25, 0.3) is 5.82 Å². The van der Waals surface area contributed by atoms with E-state index in [1.54, 1.807) is 25.3 Å². The summed E-state index contributed by atoms with van der Waals surface area (Å²) >= 11 is 0. The molecule has 0 fully saturated rings. The minimum absolute atomic E-state index is 0.0111. The van der Waals surface area contributed by atoms with Crippen molar-refractivity contribution in [1.82, 2.24) is 30.7 Å². The maximum atomic E-state index is 13.0. The molecule has 0 aliphatic heterocycles. The zero-order valence-electron chi connectivity index (χ0n) is 19.2. The van der Waals surface area contributed by atoms with E-state index >= 15 is 0 Å².